The smallest absolute Gasteiger partial charge is 0.264 e. The van der Waals surface area contributed by atoms with E-state index in [0.29, 0.717) is 11.4 Å². The van der Waals surface area contributed by atoms with Gasteiger partial charge in [-0.05, 0) is 79.1 Å². The number of amides is 1. The predicted octanol–water partition coefficient (Wildman–Crippen LogP) is 6.43. The first kappa shape index (κ1) is 25.5. The van der Waals surface area contributed by atoms with Crippen molar-refractivity contribution >= 4 is 39.1 Å². The molecule has 0 unspecified atom stereocenters. The molecule has 0 saturated heterocycles. The second-order valence-corrected chi connectivity index (χ2v) is 11.4. The lowest BCUT2D eigenvalue weighted by Crippen LogP contribution is -2.38. The summed E-state index contributed by atoms with van der Waals surface area (Å²) >= 11 is 1.74. The highest BCUT2D eigenvalue weighted by Crippen LogP contribution is 2.26. The van der Waals surface area contributed by atoms with Gasteiger partial charge in [-0.1, -0.05) is 54.6 Å². The minimum atomic E-state index is -3.95. The molecule has 0 aliphatic rings. The van der Waals surface area contributed by atoms with Crippen molar-refractivity contribution in [3.05, 3.63) is 120 Å². The first-order valence-corrected chi connectivity index (χ1v) is 14.0. The normalized spacial score (nSPS) is 11.2. The van der Waals surface area contributed by atoms with Gasteiger partial charge in [-0.25, -0.2) is 8.42 Å². The molecule has 5 nitrogen and oxygen atoms in total. The van der Waals surface area contributed by atoms with E-state index < -0.39 is 15.9 Å². The van der Waals surface area contributed by atoms with Crippen LogP contribution >= 0.6 is 11.8 Å². The molecule has 0 fully saturated rings. The number of thioether (sulfide) groups is 1. The highest BCUT2D eigenvalue weighted by Gasteiger charge is 2.27. The van der Waals surface area contributed by atoms with Gasteiger partial charge in [-0.15, -0.1) is 11.8 Å². The Labute approximate surface area is 217 Å². The van der Waals surface area contributed by atoms with E-state index in [1.807, 2.05) is 62.4 Å². The molecule has 7 heteroatoms. The van der Waals surface area contributed by atoms with Crippen molar-refractivity contribution in [3.8, 4) is 0 Å². The van der Waals surface area contributed by atoms with Crippen molar-refractivity contribution in [2.24, 2.45) is 0 Å². The fraction of sp³-hybridized carbons (Fsp3) is 0.138. The lowest BCUT2D eigenvalue weighted by atomic mass is 10.1. The van der Waals surface area contributed by atoms with E-state index in [2.05, 4.69) is 17.4 Å². The van der Waals surface area contributed by atoms with Crippen LogP contribution in [0.15, 0.2) is 113 Å². The molecule has 0 heterocycles. The standard InChI is InChI=1S/C29H28N2O3S2/c1-22-17-23(2)19-26(18-22)31(36(33,34)28-11-7-4-8-12-28)20-29(32)30-25-15-13-24(14-16-25)21-35-27-9-5-3-6-10-27/h3-19H,20-21H2,1-2H3,(H,30,32). The fourth-order valence-corrected chi connectivity index (χ4v) is 6.13. The van der Waals surface area contributed by atoms with Crippen molar-refractivity contribution in [3.63, 3.8) is 0 Å². The minimum absolute atomic E-state index is 0.136. The third kappa shape index (κ3) is 6.56. The van der Waals surface area contributed by atoms with Gasteiger partial charge in [0.2, 0.25) is 5.91 Å². The van der Waals surface area contributed by atoms with E-state index in [9.17, 15) is 13.2 Å². The van der Waals surface area contributed by atoms with Crippen LogP contribution < -0.4 is 9.62 Å². The molecule has 0 radical (unpaired) electrons. The number of carbonyl (C=O) groups excluding carboxylic acids is 1. The third-order valence-corrected chi connectivity index (χ3v) is 8.37. The monoisotopic (exact) mass is 516 g/mol. The molecule has 0 aliphatic carbocycles. The van der Waals surface area contributed by atoms with Gasteiger partial charge in [-0.2, -0.15) is 0 Å². The van der Waals surface area contributed by atoms with Gasteiger partial charge in [0.1, 0.15) is 6.54 Å². The molecule has 184 valence electrons. The molecule has 0 aliphatic heterocycles. The molecular formula is C29H28N2O3S2. The number of hydrogen-bond acceptors (Lipinski definition) is 4. The van der Waals surface area contributed by atoms with Gasteiger partial charge in [0.05, 0.1) is 10.6 Å². The van der Waals surface area contributed by atoms with E-state index in [1.54, 1.807) is 42.1 Å². The summed E-state index contributed by atoms with van der Waals surface area (Å²) in [5.41, 5.74) is 4.04. The lowest BCUT2D eigenvalue weighted by Gasteiger charge is -2.25. The molecule has 4 rings (SSSR count). The van der Waals surface area contributed by atoms with Crippen LogP contribution in [0.4, 0.5) is 11.4 Å². The largest absolute Gasteiger partial charge is 0.325 e. The Morgan fingerprint density at radius 3 is 2.00 bits per heavy atom. The predicted molar refractivity (Wildman–Crippen MR) is 148 cm³/mol. The molecule has 0 atom stereocenters. The number of anilines is 2. The molecule has 36 heavy (non-hydrogen) atoms. The summed E-state index contributed by atoms with van der Waals surface area (Å²) in [4.78, 5) is 14.4. The number of hydrogen-bond donors (Lipinski definition) is 1. The van der Waals surface area contributed by atoms with E-state index >= 15 is 0 Å². The van der Waals surface area contributed by atoms with Crippen LogP contribution in [-0.4, -0.2) is 20.9 Å². The Balaban J connectivity index is 1.50. The van der Waals surface area contributed by atoms with Crippen LogP contribution in [0.25, 0.3) is 0 Å². The van der Waals surface area contributed by atoms with E-state index in [-0.39, 0.29) is 11.4 Å². The van der Waals surface area contributed by atoms with Crippen molar-refractivity contribution in [1.82, 2.24) is 0 Å². The minimum Gasteiger partial charge on any atom is -0.325 e. The first-order chi connectivity index (χ1) is 17.3. The van der Waals surface area contributed by atoms with E-state index in [0.717, 1.165) is 22.4 Å². The average molecular weight is 517 g/mol. The molecule has 0 saturated carbocycles. The van der Waals surface area contributed by atoms with Crippen LogP contribution in [0.3, 0.4) is 0 Å². The summed E-state index contributed by atoms with van der Waals surface area (Å²) in [6.07, 6.45) is 0. The SMILES string of the molecule is Cc1cc(C)cc(N(CC(=O)Nc2ccc(CSc3ccccc3)cc2)S(=O)(=O)c2ccccc2)c1. The number of sulfonamides is 1. The second kappa shape index (κ2) is 11.5. The summed E-state index contributed by atoms with van der Waals surface area (Å²) in [6.45, 7) is 3.47. The molecular weight excluding hydrogens is 488 g/mol. The highest BCUT2D eigenvalue weighted by atomic mass is 32.2. The number of nitrogens with zero attached hydrogens (tertiary/aromatic N) is 1. The summed E-state index contributed by atoms with van der Waals surface area (Å²) in [7, 11) is -3.95. The molecule has 0 aromatic heterocycles. The number of aryl methyl sites for hydroxylation is 2. The maximum Gasteiger partial charge on any atom is 0.264 e. The maximum atomic E-state index is 13.5. The highest BCUT2D eigenvalue weighted by molar-refractivity contribution is 7.98. The zero-order valence-corrected chi connectivity index (χ0v) is 21.9. The van der Waals surface area contributed by atoms with Gasteiger partial charge in [-0.3, -0.25) is 9.10 Å². The molecule has 4 aromatic rings. The van der Waals surface area contributed by atoms with Gasteiger partial charge < -0.3 is 5.32 Å². The Kier molecular flexibility index (Phi) is 8.13. The topological polar surface area (TPSA) is 66.5 Å². The molecule has 0 spiro atoms. The Morgan fingerprint density at radius 2 is 1.39 bits per heavy atom. The number of carbonyl (C=O) groups is 1. The number of nitrogens with one attached hydrogen (secondary N) is 1. The summed E-state index contributed by atoms with van der Waals surface area (Å²) in [5.74, 6) is 0.397. The quantitative estimate of drug-likeness (QED) is 0.260. The third-order valence-electron chi connectivity index (χ3n) is 5.50. The Bertz CT molecular complexity index is 1400. The van der Waals surface area contributed by atoms with Crippen LogP contribution in [0, 0.1) is 13.8 Å². The van der Waals surface area contributed by atoms with Gasteiger partial charge in [0, 0.05) is 16.3 Å². The van der Waals surface area contributed by atoms with Gasteiger partial charge in [0.15, 0.2) is 0 Å². The van der Waals surface area contributed by atoms with Gasteiger partial charge >= 0.3 is 0 Å². The fourth-order valence-electron chi connectivity index (χ4n) is 3.83. The molecule has 1 amide bonds. The summed E-state index contributed by atoms with van der Waals surface area (Å²) < 4.78 is 28.2. The van der Waals surface area contributed by atoms with Crippen molar-refractivity contribution in [1.29, 1.82) is 0 Å². The van der Waals surface area contributed by atoms with Crippen molar-refractivity contribution in [2.75, 3.05) is 16.2 Å². The van der Waals surface area contributed by atoms with E-state index in [1.165, 1.54) is 21.3 Å². The average Bonchev–Trinajstić information content (AvgIpc) is 2.87. The summed E-state index contributed by atoms with van der Waals surface area (Å²) in [5, 5.41) is 2.84. The molecule has 1 N–H and O–H groups in total. The zero-order valence-electron chi connectivity index (χ0n) is 20.2. The zero-order chi connectivity index (χ0) is 25.5. The van der Waals surface area contributed by atoms with Gasteiger partial charge in [0.25, 0.3) is 10.0 Å². The Hall–Kier alpha value is -3.55. The molecule has 0 bridgehead atoms. The summed E-state index contributed by atoms with van der Waals surface area (Å²) in [6, 6.07) is 31.5. The Morgan fingerprint density at radius 1 is 0.806 bits per heavy atom. The van der Waals surface area contributed by atoms with Crippen LogP contribution in [-0.2, 0) is 20.6 Å². The van der Waals surface area contributed by atoms with Crippen LogP contribution in [0.5, 0.6) is 0 Å². The first-order valence-electron chi connectivity index (χ1n) is 11.5. The van der Waals surface area contributed by atoms with Crippen molar-refractivity contribution < 1.29 is 13.2 Å². The van der Waals surface area contributed by atoms with E-state index in [4.69, 9.17) is 0 Å². The molecule has 4 aromatic carbocycles. The van der Waals surface area contributed by atoms with Crippen molar-refractivity contribution in [2.45, 2.75) is 29.4 Å². The number of benzene rings is 4. The van der Waals surface area contributed by atoms with Crippen LogP contribution in [0.1, 0.15) is 16.7 Å². The number of rotatable bonds is 9. The second-order valence-electron chi connectivity index (χ2n) is 8.52. The van der Waals surface area contributed by atoms with Crippen LogP contribution in [0.2, 0.25) is 0 Å². The maximum absolute atomic E-state index is 13.5. The lowest BCUT2D eigenvalue weighted by molar-refractivity contribution is -0.114.